The van der Waals surface area contributed by atoms with E-state index < -0.39 is 0 Å². The first-order valence-electron chi connectivity index (χ1n) is 6.62. The molecule has 0 aromatic heterocycles. The molecule has 17 heavy (non-hydrogen) atoms. The third kappa shape index (κ3) is 3.30. The summed E-state index contributed by atoms with van der Waals surface area (Å²) in [5.74, 6) is 0.107. The van der Waals surface area contributed by atoms with Crippen LogP contribution in [-0.4, -0.2) is 42.5 Å². The topological polar surface area (TPSA) is 58.4 Å². The lowest BCUT2D eigenvalue weighted by atomic mass is 10.1. The number of carbonyl (C=O) groups excluding carboxylic acids is 1. The predicted octanol–water partition coefficient (Wildman–Crippen LogP) is 0.490. The van der Waals surface area contributed by atoms with E-state index in [9.17, 15) is 4.79 Å². The van der Waals surface area contributed by atoms with Crippen LogP contribution in [0.4, 0.5) is 0 Å². The first kappa shape index (κ1) is 12.6. The van der Waals surface area contributed by atoms with Crippen LogP contribution in [0.2, 0.25) is 0 Å². The van der Waals surface area contributed by atoms with E-state index in [0.29, 0.717) is 6.04 Å². The maximum atomic E-state index is 11.9. The average molecular weight is 237 g/mol. The van der Waals surface area contributed by atoms with Crippen molar-refractivity contribution in [3.05, 3.63) is 12.2 Å². The van der Waals surface area contributed by atoms with Crippen LogP contribution in [0.25, 0.3) is 0 Å². The number of nitrogens with one attached hydrogen (secondary N) is 1. The molecule has 2 rings (SSSR count). The molecule has 3 unspecified atom stereocenters. The maximum absolute atomic E-state index is 11.9. The van der Waals surface area contributed by atoms with E-state index in [2.05, 4.69) is 17.1 Å². The Hall–Kier alpha value is -0.870. The van der Waals surface area contributed by atoms with E-state index in [1.807, 2.05) is 12.2 Å². The summed E-state index contributed by atoms with van der Waals surface area (Å²) in [6.07, 6.45) is 7.19. The highest BCUT2D eigenvalue weighted by molar-refractivity contribution is 5.81. The van der Waals surface area contributed by atoms with Crippen LogP contribution in [-0.2, 0) is 4.79 Å². The van der Waals surface area contributed by atoms with Gasteiger partial charge in [-0.05, 0) is 39.3 Å². The first-order valence-corrected chi connectivity index (χ1v) is 6.62. The second kappa shape index (κ2) is 5.65. The lowest BCUT2D eigenvalue weighted by Crippen LogP contribution is -2.42. The first-order chi connectivity index (χ1) is 8.16. The van der Waals surface area contributed by atoms with Crippen LogP contribution in [0.3, 0.4) is 0 Å². The van der Waals surface area contributed by atoms with Gasteiger partial charge in [-0.15, -0.1) is 0 Å². The molecule has 0 aromatic rings. The summed E-state index contributed by atoms with van der Waals surface area (Å²) in [6, 6.07) is 0.502. The Morgan fingerprint density at radius 2 is 2.18 bits per heavy atom. The van der Waals surface area contributed by atoms with Crippen molar-refractivity contribution >= 4 is 5.91 Å². The second-order valence-electron chi connectivity index (χ2n) is 5.23. The number of amides is 1. The molecule has 3 atom stereocenters. The van der Waals surface area contributed by atoms with Gasteiger partial charge in [-0.3, -0.25) is 9.69 Å². The number of carbonyl (C=O) groups is 1. The molecular formula is C13H23N3O. The minimum atomic E-state index is -0.0178. The molecule has 0 aromatic carbocycles. The van der Waals surface area contributed by atoms with Gasteiger partial charge in [0.15, 0.2) is 0 Å². The number of hydrogen-bond acceptors (Lipinski definition) is 3. The summed E-state index contributed by atoms with van der Waals surface area (Å²) in [7, 11) is 0. The van der Waals surface area contributed by atoms with Crippen molar-refractivity contribution in [3.63, 3.8) is 0 Å². The molecule has 1 saturated heterocycles. The molecule has 4 heteroatoms. The predicted molar refractivity (Wildman–Crippen MR) is 68.5 cm³/mol. The van der Waals surface area contributed by atoms with Gasteiger partial charge in [0, 0.05) is 18.6 Å². The van der Waals surface area contributed by atoms with Crippen LogP contribution in [0.15, 0.2) is 12.2 Å². The highest BCUT2D eigenvalue weighted by atomic mass is 16.1. The summed E-state index contributed by atoms with van der Waals surface area (Å²) >= 11 is 0. The van der Waals surface area contributed by atoms with E-state index >= 15 is 0 Å². The highest BCUT2D eigenvalue weighted by Gasteiger charge is 2.24. The van der Waals surface area contributed by atoms with E-state index in [0.717, 1.165) is 13.0 Å². The quantitative estimate of drug-likeness (QED) is 0.700. The molecule has 1 heterocycles. The number of likely N-dealkylation sites (tertiary alicyclic amines) is 1. The fraction of sp³-hybridized carbons (Fsp3) is 0.769. The third-order valence-electron chi connectivity index (χ3n) is 3.79. The van der Waals surface area contributed by atoms with Crippen molar-refractivity contribution in [1.29, 1.82) is 0 Å². The second-order valence-corrected chi connectivity index (χ2v) is 5.23. The summed E-state index contributed by atoms with van der Waals surface area (Å²) < 4.78 is 0. The van der Waals surface area contributed by atoms with Gasteiger partial charge in [0.25, 0.3) is 0 Å². The zero-order chi connectivity index (χ0) is 12.3. The molecule has 0 spiro atoms. The normalized spacial score (nSPS) is 30.7. The highest BCUT2D eigenvalue weighted by Crippen LogP contribution is 2.16. The smallest absolute Gasteiger partial charge is 0.227 e. The molecule has 1 aliphatic carbocycles. The van der Waals surface area contributed by atoms with Gasteiger partial charge >= 0.3 is 0 Å². The van der Waals surface area contributed by atoms with Gasteiger partial charge in [-0.25, -0.2) is 0 Å². The molecule has 2 aliphatic rings. The Morgan fingerprint density at radius 1 is 1.47 bits per heavy atom. The Labute approximate surface area is 103 Å². The van der Waals surface area contributed by atoms with Crippen molar-refractivity contribution in [3.8, 4) is 0 Å². The van der Waals surface area contributed by atoms with Crippen molar-refractivity contribution in [2.75, 3.05) is 19.6 Å². The van der Waals surface area contributed by atoms with E-state index in [1.54, 1.807) is 0 Å². The lowest BCUT2D eigenvalue weighted by Gasteiger charge is -2.24. The number of hydrogen-bond donors (Lipinski definition) is 2. The minimum absolute atomic E-state index is 0.0178. The van der Waals surface area contributed by atoms with Gasteiger partial charge in [0.2, 0.25) is 5.91 Å². The Morgan fingerprint density at radius 3 is 2.76 bits per heavy atom. The Bertz CT molecular complexity index is 297. The van der Waals surface area contributed by atoms with E-state index in [1.165, 1.54) is 25.9 Å². The molecule has 0 radical (unpaired) electrons. The largest absolute Gasteiger partial charge is 0.354 e. The molecule has 1 fully saturated rings. The molecule has 0 bridgehead atoms. The van der Waals surface area contributed by atoms with Gasteiger partial charge in [0.05, 0.1) is 5.92 Å². The zero-order valence-electron chi connectivity index (χ0n) is 10.6. The fourth-order valence-corrected chi connectivity index (χ4v) is 2.61. The molecule has 4 nitrogen and oxygen atoms in total. The molecule has 0 saturated carbocycles. The summed E-state index contributed by atoms with van der Waals surface area (Å²) in [4.78, 5) is 14.3. The molecule has 1 amide bonds. The molecular weight excluding hydrogens is 214 g/mol. The third-order valence-corrected chi connectivity index (χ3v) is 3.79. The summed E-state index contributed by atoms with van der Waals surface area (Å²) in [6.45, 7) is 5.27. The van der Waals surface area contributed by atoms with Gasteiger partial charge < -0.3 is 11.1 Å². The fourth-order valence-electron chi connectivity index (χ4n) is 2.61. The SMILES string of the molecule is CC(CNC(=O)C1C=CC(N)C1)N1CCCC1. The zero-order valence-corrected chi connectivity index (χ0v) is 10.6. The molecule has 1 aliphatic heterocycles. The Kier molecular flexibility index (Phi) is 4.18. The van der Waals surface area contributed by atoms with E-state index in [4.69, 9.17) is 5.73 Å². The summed E-state index contributed by atoms with van der Waals surface area (Å²) in [5.41, 5.74) is 5.74. The van der Waals surface area contributed by atoms with Gasteiger partial charge in [-0.2, -0.15) is 0 Å². The average Bonchev–Trinajstić information content (AvgIpc) is 2.95. The van der Waals surface area contributed by atoms with Crippen molar-refractivity contribution in [2.24, 2.45) is 11.7 Å². The van der Waals surface area contributed by atoms with Crippen molar-refractivity contribution in [2.45, 2.75) is 38.3 Å². The minimum Gasteiger partial charge on any atom is -0.354 e. The summed E-state index contributed by atoms with van der Waals surface area (Å²) in [5, 5.41) is 3.03. The standard InChI is InChI=1S/C13H23N3O/c1-10(16-6-2-3-7-16)9-15-13(17)11-4-5-12(14)8-11/h4-5,10-12H,2-3,6-9,14H2,1H3,(H,15,17). The lowest BCUT2D eigenvalue weighted by molar-refractivity contribution is -0.123. The molecule has 3 N–H and O–H groups in total. The van der Waals surface area contributed by atoms with Crippen LogP contribution in [0, 0.1) is 5.92 Å². The van der Waals surface area contributed by atoms with Crippen LogP contribution < -0.4 is 11.1 Å². The van der Waals surface area contributed by atoms with E-state index in [-0.39, 0.29) is 17.9 Å². The van der Waals surface area contributed by atoms with Gasteiger partial charge in [0.1, 0.15) is 0 Å². The monoisotopic (exact) mass is 237 g/mol. The van der Waals surface area contributed by atoms with Crippen LogP contribution in [0.1, 0.15) is 26.2 Å². The number of rotatable bonds is 4. The van der Waals surface area contributed by atoms with Gasteiger partial charge in [-0.1, -0.05) is 12.2 Å². The van der Waals surface area contributed by atoms with Crippen LogP contribution >= 0.6 is 0 Å². The van der Waals surface area contributed by atoms with Crippen LogP contribution in [0.5, 0.6) is 0 Å². The Balaban J connectivity index is 1.70. The maximum Gasteiger partial charge on any atom is 0.227 e. The van der Waals surface area contributed by atoms with Crippen molar-refractivity contribution in [1.82, 2.24) is 10.2 Å². The number of nitrogens with two attached hydrogens (primary N) is 1. The molecule has 96 valence electrons. The van der Waals surface area contributed by atoms with Crippen molar-refractivity contribution < 1.29 is 4.79 Å². The number of nitrogens with zero attached hydrogens (tertiary/aromatic N) is 1.